The molecule has 4 aromatic carbocycles. The quantitative estimate of drug-likeness (QED) is 0.220. The summed E-state index contributed by atoms with van der Waals surface area (Å²) in [6, 6.07) is 33.6. The average molecular weight is 521 g/mol. The molecule has 0 unspecified atom stereocenters. The van der Waals surface area contributed by atoms with Crippen LogP contribution in [0.3, 0.4) is 0 Å². The van der Waals surface area contributed by atoms with E-state index >= 15 is 0 Å². The fourth-order valence-electron chi connectivity index (χ4n) is 5.47. The van der Waals surface area contributed by atoms with Crippen molar-refractivity contribution in [1.82, 2.24) is 0 Å². The maximum Gasteiger partial charge on any atom is 0.325 e. The van der Waals surface area contributed by atoms with E-state index in [1.165, 1.54) is 22.3 Å². The molecule has 0 radical (unpaired) electrons. The second-order valence-corrected chi connectivity index (χ2v) is 9.31. The van der Waals surface area contributed by atoms with E-state index in [-0.39, 0.29) is 25.0 Å². The van der Waals surface area contributed by atoms with Gasteiger partial charge in [-0.25, -0.2) is 0 Å². The Morgan fingerprint density at radius 3 is 1.36 bits per heavy atom. The molecule has 0 aliphatic heterocycles. The minimum absolute atomic E-state index is 0.115. The summed E-state index contributed by atoms with van der Waals surface area (Å²) in [5, 5.41) is 6.31. The van der Waals surface area contributed by atoms with E-state index in [2.05, 4.69) is 83.4 Å². The molecular formula is C33H32N2O4. The van der Waals surface area contributed by atoms with Gasteiger partial charge in [-0.1, -0.05) is 72.8 Å². The van der Waals surface area contributed by atoms with Gasteiger partial charge in [0.2, 0.25) is 0 Å². The summed E-state index contributed by atoms with van der Waals surface area (Å²) in [5.41, 5.74) is 8.25. The highest BCUT2D eigenvalue weighted by atomic mass is 16.5. The van der Waals surface area contributed by atoms with Crippen LogP contribution in [0.4, 0.5) is 11.4 Å². The van der Waals surface area contributed by atoms with Crippen molar-refractivity contribution < 1.29 is 19.1 Å². The Morgan fingerprint density at radius 2 is 0.974 bits per heavy atom. The Hall–Kier alpha value is -4.58. The number of fused-ring (bicyclic) bond motifs is 3. The van der Waals surface area contributed by atoms with Crippen molar-refractivity contribution >= 4 is 23.3 Å². The lowest BCUT2D eigenvalue weighted by Crippen LogP contribution is -2.28. The summed E-state index contributed by atoms with van der Waals surface area (Å²) < 4.78 is 10.1. The summed E-state index contributed by atoms with van der Waals surface area (Å²) in [5.74, 6) is -0.568. The molecule has 2 N–H and O–H groups in total. The Bertz CT molecular complexity index is 1350. The molecule has 4 aromatic rings. The molecular weight excluding hydrogens is 488 g/mol. The number of ether oxygens (including phenoxy) is 2. The molecule has 1 aliphatic carbocycles. The molecule has 39 heavy (non-hydrogen) atoms. The number of carbonyl (C=O) groups is 2. The lowest BCUT2D eigenvalue weighted by Gasteiger charge is -2.34. The minimum Gasteiger partial charge on any atom is -0.465 e. The summed E-state index contributed by atoms with van der Waals surface area (Å²) in [7, 11) is 0. The Labute approximate surface area is 229 Å². The molecule has 198 valence electrons. The first kappa shape index (κ1) is 26.0. The Kier molecular flexibility index (Phi) is 7.64. The predicted octanol–water partition coefficient (Wildman–Crippen LogP) is 6.00. The van der Waals surface area contributed by atoms with Gasteiger partial charge in [-0.2, -0.15) is 0 Å². The van der Waals surface area contributed by atoms with Gasteiger partial charge in [-0.15, -0.1) is 0 Å². The molecule has 6 heteroatoms. The van der Waals surface area contributed by atoms with Gasteiger partial charge in [-0.05, 0) is 71.5 Å². The van der Waals surface area contributed by atoms with E-state index < -0.39 is 5.41 Å². The number of rotatable bonds is 10. The first-order chi connectivity index (χ1) is 19.1. The second kappa shape index (κ2) is 11.4. The largest absolute Gasteiger partial charge is 0.465 e. The van der Waals surface area contributed by atoms with Crippen molar-refractivity contribution in [2.45, 2.75) is 19.3 Å². The van der Waals surface area contributed by atoms with Crippen molar-refractivity contribution in [1.29, 1.82) is 0 Å². The lowest BCUT2D eigenvalue weighted by atomic mass is 9.67. The molecule has 0 heterocycles. The summed E-state index contributed by atoms with van der Waals surface area (Å²) in [6.07, 6.45) is 0. The van der Waals surface area contributed by atoms with E-state index in [4.69, 9.17) is 9.47 Å². The number of esters is 2. The fraction of sp³-hybridized carbons (Fsp3) is 0.212. The molecule has 0 fully saturated rings. The van der Waals surface area contributed by atoms with Crippen molar-refractivity contribution in [2.75, 3.05) is 36.9 Å². The molecule has 5 rings (SSSR count). The van der Waals surface area contributed by atoms with Crippen LogP contribution >= 0.6 is 0 Å². The van der Waals surface area contributed by atoms with Crippen LogP contribution in [-0.4, -0.2) is 38.2 Å². The van der Waals surface area contributed by atoms with Crippen molar-refractivity contribution in [2.24, 2.45) is 0 Å². The lowest BCUT2D eigenvalue weighted by molar-refractivity contribution is -0.141. The third-order valence-corrected chi connectivity index (χ3v) is 7.07. The predicted molar refractivity (Wildman–Crippen MR) is 154 cm³/mol. The normalized spacial score (nSPS) is 12.7. The van der Waals surface area contributed by atoms with E-state index in [9.17, 15) is 9.59 Å². The highest BCUT2D eigenvalue weighted by Gasteiger charge is 2.45. The standard InChI is InChI=1S/C33H32N2O4/c1-3-38-31(36)21-34-25-17-13-23(14-18-25)33(24-15-19-26(20-16-24)35-22-32(37)39-4-2)29-11-7-5-9-27(29)28-10-6-8-12-30(28)33/h5-20,34-35H,3-4,21-22H2,1-2H3. The summed E-state index contributed by atoms with van der Waals surface area (Å²) in [4.78, 5) is 23.7. The summed E-state index contributed by atoms with van der Waals surface area (Å²) >= 11 is 0. The van der Waals surface area contributed by atoms with Gasteiger partial charge < -0.3 is 20.1 Å². The van der Waals surface area contributed by atoms with Crippen molar-refractivity contribution in [3.05, 3.63) is 119 Å². The number of anilines is 2. The molecule has 0 saturated carbocycles. The molecule has 0 aromatic heterocycles. The molecule has 6 nitrogen and oxygen atoms in total. The van der Waals surface area contributed by atoms with Gasteiger partial charge in [-0.3, -0.25) is 9.59 Å². The molecule has 0 amide bonds. The maximum atomic E-state index is 11.8. The topological polar surface area (TPSA) is 76.7 Å². The number of hydrogen-bond acceptors (Lipinski definition) is 6. The van der Waals surface area contributed by atoms with Crippen LogP contribution in [0.25, 0.3) is 11.1 Å². The zero-order chi connectivity index (χ0) is 27.2. The van der Waals surface area contributed by atoms with E-state index in [0.29, 0.717) is 13.2 Å². The number of nitrogens with one attached hydrogen (secondary N) is 2. The van der Waals surface area contributed by atoms with Crippen LogP contribution in [0.5, 0.6) is 0 Å². The van der Waals surface area contributed by atoms with Crippen molar-refractivity contribution in [3.8, 4) is 11.1 Å². The van der Waals surface area contributed by atoms with Gasteiger partial charge >= 0.3 is 11.9 Å². The number of carbonyl (C=O) groups excluding carboxylic acids is 2. The fourth-order valence-corrected chi connectivity index (χ4v) is 5.47. The van der Waals surface area contributed by atoms with Gasteiger partial charge in [0, 0.05) is 11.4 Å². The Morgan fingerprint density at radius 1 is 0.590 bits per heavy atom. The molecule has 1 aliphatic rings. The van der Waals surface area contributed by atoms with E-state index in [0.717, 1.165) is 22.5 Å². The molecule has 0 atom stereocenters. The van der Waals surface area contributed by atoms with Crippen LogP contribution in [0.1, 0.15) is 36.1 Å². The smallest absolute Gasteiger partial charge is 0.325 e. The van der Waals surface area contributed by atoms with Gasteiger partial charge in [0.05, 0.1) is 18.6 Å². The van der Waals surface area contributed by atoms with E-state index in [1.54, 1.807) is 13.8 Å². The zero-order valence-corrected chi connectivity index (χ0v) is 22.2. The highest BCUT2D eigenvalue weighted by molar-refractivity contribution is 5.86. The monoisotopic (exact) mass is 520 g/mol. The molecule has 0 saturated heterocycles. The molecule has 0 bridgehead atoms. The van der Waals surface area contributed by atoms with Crippen LogP contribution in [0, 0.1) is 0 Å². The maximum absolute atomic E-state index is 11.8. The van der Waals surface area contributed by atoms with Gasteiger partial charge in [0.25, 0.3) is 0 Å². The van der Waals surface area contributed by atoms with Crippen molar-refractivity contribution in [3.63, 3.8) is 0 Å². The SMILES string of the molecule is CCOC(=O)CNc1ccc(C2(c3ccc(NCC(=O)OCC)cc3)c3ccccc3-c3ccccc32)cc1. The average Bonchev–Trinajstić information content (AvgIpc) is 3.27. The van der Waals surface area contributed by atoms with Crippen LogP contribution < -0.4 is 10.6 Å². The van der Waals surface area contributed by atoms with Gasteiger partial charge in [0.1, 0.15) is 13.1 Å². The second-order valence-electron chi connectivity index (χ2n) is 9.31. The molecule has 0 spiro atoms. The Balaban J connectivity index is 1.57. The van der Waals surface area contributed by atoms with Crippen LogP contribution in [0.2, 0.25) is 0 Å². The third-order valence-electron chi connectivity index (χ3n) is 7.07. The van der Waals surface area contributed by atoms with E-state index in [1.807, 2.05) is 24.3 Å². The highest BCUT2D eigenvalue weighted by Crippen LogP contribution is 2.56. The minimum atomic E-state index is -0.535. The number of benzene rings is 4. The first-order valence-electron chi connectivity index (χ1n) is 13.3. The van der Waals surface area contributed by atoms with Crippen LogP contribution in [-0.2, 0) is 24.5 Å². The zero-order valence-electron chi connectivity index (χ0n) is 22.2. The van der Waals surface area contributed by atoms with Gasteiger partial charge in [0.15, 0.2) is 0 Å². The van der Waals surface area contributed by atoms with Crippen LogP contribution in [0.15, 0.2) is 97.1 Å². The number of hydrogen-bond donors (Lipinski definition) is 2. The summed E-state index contributed by atoms with van der Waals surface area (Å²) in [6.45, 7) is 4.54. The first-order valence-corrected chi connectivity index (χ1v) is 13.3. The third kappa shape index (κ3) is 4.98.